The molecule has 0 bridgehead atoms. The summed E-state index contributed by atoms with van der Waals surface area (Å²) in [6, 6.07) is 20.4. The van der Waals surface area contributed by atoms with Crippen LogP contribution in [-0.4, -0.2) is 0 Å². The van der Waals surface area contributed by atoms with Crippen molar-refractivity contribution in [2.45, 2.75) is 53.9 Å². The maximum absolute atomic E-state index is 2.42. The number of hydrogen-bond donors (Lipinski definition) is 0. The third-order valence-corrected chi connectivity index (χ3v) is 4.99. The summed E-state index contributed by atoms with van der Waals surface area (Å²) >= 11 is 0. The first-order valence-corrected chi connectivity index (χ1v) is 9.06. The summed E-state index contributed by atoms with van der Waals surface area (Å²) in [5.41, 5.74) is 2.06. The van der Waals surface area contributed by atoms with Crippen molar-refractivity contribution in [2.75, 3.05) is 0 Å². The van der Waals surface area contributed by atoms with E-state index in [1.807, 2.05) is 0 Å². The highest BCUT2D eigenvalue weighted by molar-refractivity contribution is 5.98. The molecule has 0 heteroatoms. The van der Waals surface area contributed by atoms with E-state index >= 15 is 0 Å². The highest BCUT2D eigenvalue weighted by atomic mass is 14.3. The van der Waals surface area contributed by atoms with Crippen molar-refractivity contribution < 1.29 is 0 Å². The van der Waals surface area contributed by atoms with Gasteiger partial charge in [-0.3, -0.25) is 0 Å². The normalized spacial score (nSPS) is 14.2. The van der Waals surface area contributed by atoms with E-state index in [4.69, 9.17) is 0 Å². The van der Waals surface area contributed by atoms with Crippen molar-refractivity contribution in [2.24, 2.45) is 10.8 Å². The minimum absolute atomic E-state index is 0.262. The van der Waals surface area contributed by atoms with Gasteiger partial charge in [0.25, 0.3) is 0 Å². The van der Waals surface area contributed by atoms with Gasteiger partial charge in [0.2, 0.25) is 0 Å². The van der Waals surface area contributed by atoms with Crippen LogP contribution in [0.1, 0.15) is 59.4 Å². The maximum atomic E-state index is 2.42. The van der Waals surface area contributed by atoms with Gasteiger partial charge in [-0.25, -0.2) is 0 Å². The van der Waals surface area contributed by atoms with E-state index in [-0.39, 0.29) is 5.41 Å². The van der Waals surface area contributed by atoms with E-state index < -0.39 is 0 Å². The van der Waals surface area contributed by atoms with Crippen molar-refractivity contribution >= 4 is 21.5 Å². The molecule has 0 aliphatic heterocycles. The molecule has 0 saturated heterocycles. The molecule has 1 unspecified atom stereocenters. The molecule has 0 saturated carbocycles. The standard InChI is InChI=1S/C24H30/c1-23(2,3)16-22(24(4,5)6)20-12-11-19-13-17-9-7-8-10-18(17)14-21(19)15-20/h7-15,22H,16H2,1-6H3. The first-order chi connectivity index (χ1) is 11.1. The summed E-state index contributed by atoms with van der Waals surface area (Å²) in [5.74, 6) is 0.563. The molecule has 0 spiro atoms. The number of rotatable bonds is 2. The number of hydrogen-bond acceptors (Lipinski definition) is 0. The predicted octanol–water partition coefficient (Wildman–Crippen LogP) is 7.56. The Labute approximate surface area is 146 Å². The quantitative estimate of drug-likeness (QED) is 0.428. The van der Waals surface area contributed by atoms with E-state index in [0.717, 1.165) is 0 Å². The molecule has 1 atom stereocenters. The Morgan fingerprint density at radius 3 is 1.75 bits per heavy atom. The van der Waals surface area contributed by atoms with Gasteiger partial charge >= 0.3 is 0 Å². The van der Waals surface area contributed by atoms with E-state index in [0.29, 0.717) is 11.3 Å². The van der Waals surface area contributed by atoms with Crippen LogP contribution in [0, 0.1) is 10.8 Å². The van der Waals surface area contributed by atoms with Crippen molar-refractivity contribution in [3.63, 3.8) is 0 Å². The second kappa shape index (κ2) is 5.92. The molecule has 0 aliphatic carbocycles. The molecular formula is C24H30. The van der Waals surface area contributed by atoms with Gasteiger partial charge in [0.15, 0.2) is 0 Å². The Hall–Kier alpha value is -1.82. The Morgan fingerprint density at radius 1 is 0.667 bits per heavy atom. The Bertz CT molecular complexity index is 856. The zero-order valence-corrected chi connectivity index (χ0v) is 16.0. The van der Waals surface area contributed by atoms with Crippen LogP contribution in [0.3, 0.4) is 0 Å². The summed E-state index contributed by atoms with van der Waals surface area (Å²) in [6.45, 7) is 14.1. The lowest BCUT2D eigenvalue weighted by molar-refractivity contribution is 0.229. The summed E-state index contributed by atoms with van der Waals surface area (Å²) in [7, 11) is 0. The Balaban J connectivity index is 2.12. The third-order valence-electron chi connectivity index (χ3n) is 4.99. The Kier molecular flexibility index (Phi) is 4.20. The second-order valence-corrected chi connectivity index (χ2v) is 9.49. The first kappa shape index (κ1) is 17.0. The smallest absolute Gasteiger partial charge is 0.0108 e. The van der Waals surface area contributed by atoms with E-state index in [2.05, 4.69) is 96.1 Å². The molecule has 0 amide bonds. The minimum atomic E-state index is 0.262. The average molecular weight is 319 g/mol. The van der Waals surface area contributed by atoms with Crippen molar-refractivity contribution in [1.29, 1.82) is 0 Å². The summed E-state index contributed by atoms with van der Waals surface area (Å²) in [6.07, 6.45) is 1.20. The van der Waals surface area contributed by atoms with Crippen LogP contribution >= 0.6 is 0 Å². The van der Waals surface area contributed by atoms with Gasteiger partial charge in [-0.05, 0) is 62.4 Å². The lowest BCUT2D eigenvalue weighted by Crippen LogP contribution is -2.23. The molecule has 24 heavy (non-hydrogen) atoms. The van der Waals surface area contributed by atoms with Crippen LogP contribution in [0.5, 0.6) is 0 Å². The summed E-state index contributed by atoms with van der Waals surface area (Å²) < 4.78 is 0. The van der Waals surface area contributed by atoms with Gasteiger partial charge in [0.05, 0.1) is 0 Å². The van der Waals surface area contributed by atoms with Gasteiger partial charge in [-0.15, -0.1) is 0 Å². The SMILES string of the molecule is CC(C)(C)CC(c1ccc2cc3ccccc3cc2c1)C(C)(C)C. The summed E-state index contributed by atoms with van der Waals surface area (Å²) in [5, 5.41) is 5.33. The van der Waals surface area contributed by atoms with Crippen molar-refractivity contribution in [3.05, 3.63) is 60.2 Å². The zero-order chi connectivity index (χ0) is 17.5. The van der Waals surface area contributed by atoms with Gasteiger partial charge in [0, 0.05) is 0 Å². The molecule has 3 aromatic rings. The topological polar surface area (TPSA) is 0 Å². The molecule has 0 nitrogen and oxygen atoms in total. The zero-order valence-electron chi connectivity index (χ0n) is 16.0. The number of benzene rings is 3. The molecule has 0 N–H and O–H groups in total. The van der Waals surface area contributed by atoms with Crippen molar-refractivity contribution in [3.8, 4) is 0 Å². The molecule has 0 heterocycles. The molecule has 3 aromatic carbocycles. The van der Waals surface area contributed by atoms with E-state index in [1.165, 1.54) is 33.5 Å². The molecule has 0 fully saturated rings. The molecule has 3 rings (SSSR count). The van der Waals surface area contributed by atoms with Crippen LogP contribution in [-0.2, 0) is 0 Å². The van der Waals surface area contributed by atoms with Gasteiger partial charge in [0.1, 0.15) is 0 Å². The summed E-state index contributed by atoms with van der Waals surface area (Å²) in [4.78, 5) is 0. The molecule has 0 aliphatic rings. The fraction of sp³-hybridized carbons (Fsp3) is 0.417. The average Bonchev–Trinajstić information content (AvgIpc) is 2.48. The van der Waals surface area contributed by atoms with Gasteiger partial charge in [-0.1, -0.05) is 84.0 Å². The number of fused-ring (bicyclic) bond motifs is 2. The molecule has 0 radical (unpaired) electrons. The highest BCUT2D eigenvalue weighted by Gasteiger charge is 2.30. The molecule has 0 aromatic heterocycles. The predicted molar refractivity (Wildman–Crippen MR) is 108 cm³/mol. The fourth-order valence-corrected chi connectivity index (χ4v) is 3.71. The lowest BCUT2D eigenvalue weighted by Gasteiger charge is -2.36. The third kappa shape index (κ3) is 3.64. The first-order valence-electron chi connectivity index (χ1n) is 9.06. The minimum Gasteiger partial charge on any atom is -0.0616 e. The second-order valence-electron chi connectivity index (χ2n) is 9.49. The van der Waals surface area contributed by atoms with Crippen LogP contribution in [0.15, 0.2) is 54.6 Å². The molecular weight excluding hydrogens is 288 g/mol. The molecule has 126 valence electrons. The van der Waals surface area contributed by atoms with Crippen LogP contribution < -0.4 is 0 Å². The van der Waals surface area contributed by atoms with E-state index in [9.17, 15) is 0 Å². The van der Waals surface area contributed by atoms with Crippen LogP contribution in [0.25, 0.3) is 21.5 Å². The van der Waals surface area contributed by atoms with E-state index in [1.54, 1.807) is 0 Å². The van der Waals surface area contributed by atoms with Crippen LogP contribution in [0.2, 0.25) is 0 Å². The fourth-order valence-electron chi connectivity index (χ4n) is 3.71. The lowest BCUT2D eigenvalue weighted by atomic mass is 9.69. The van der Waals surface area contributed by atoms with Gasteiger partial charge < -0.3 is 0 Å². The van der Waals surface area contributed by atoms with Crippen molar-refractivity contribution in [1.82, 2.24) is 0 Å². The largest absolute Gasteiger partial charge is 0.0616 e. The highest BCUT2D eigenvalue weighted by Crippen LogP contribution is 2.43. The Morgan fingerprint density at radius 2 is 1.21 bits per heavy atom. The maximum Gasteiger partial charge on any atom is -0.0108 e. The van der Waals surface area contributed by atoms with Gasteiger partial charge in [-0.2, -0.15) is 0 Å². The van der Waals surface area contributed by atoms with Crippen LogP contribution in [0.4, 0.5) is 0 Å². The monoisotopic (exact) mass is 318 g/mol.